The summed E-state index contributed by atoms with van der Waals surface area (Å²) in [5, 5.41) is 5.87. The molecule has 204 valence electrons. The van der Waals surface area contributed by atoms with Crippen LogP contribution in [0.25, 0.3) is 0 Å². The lowest BCUT2D eigenvalue weighted by atomic mass is 9.99. The van der Waals surface area contributed by atoms with Gasteiger partial charge in [-0.25, -0.2) is 4.79 Å². The van der Waals surface area contributed by atoms with Gasteiger partial charge in [0.05, 0.1) is 13.7 Å². The zero-order chi connectivity index (χ0) is 27.9. The molecule has 3 aromatic rings. The largest absolute Gasteiger partial charge is 0.497 e. The smallest absolute Gasteiger partial charge is 0.411 e. The van der Waals surface area contributed by atoms with E-state index in [4.69, 9.17) is 9.47 Å². The van der Waals surface area contributed by atoms with Crippen LogP contribution in [-0.2, 0) is 16.1 Å². The summed E-state index contributed by atoms with van der Waals surface area (Å²) in [5.74, 6) is 0.523. The van der Waals surface area contributed by atoms with Gasteiger partial charge in [-0.15, -0.1) is 0 Å². The lowest BCUT2D eigenvalue weighted by Gasteiger charge is -2.24. The van der Waals surface area contributed by atoms with Crippen LogP contribution in [0, 0.1) is 12.8 Å². The molecule has 1 aliphatic heterocycles. The molecule has 1 saturated heterocycles. The SMILES string of the molecule is COc1ccc(C(=O)Nc2cccc([C@H]3OC(=O)N(Cc4ccc(C)cc4)[C@@H]3C(=O)NCCC(C)C)c2)cc1. The summed E-state index contributed by atoms with van der Waals surface area (Å²) in [7, 11) is 1.57. The molecule has 0 aromatic heterocycles. The van der Waals surface area contributed by atoms with Crippen molar-refractivity contribution < 1.29 is 23.9 Å². The summed E-state index contributed by atoms with van der Waals surface area (Å²) >= 11 is 0. The highest BCUT2D eigenvalue weighted by molar-refractivity contribution is 6.04. The van der Waals surface area contributed by atoms with E-state index >= 15 is 0 Å². The fourth-order valence-corrected chi connectivity index (χ4v) is 4.43. The maximum Gasteiger partial charge on any atom is 0.411 e. The van der Waals surface area contributed by atoms with Gasteiger partial charge in [0, 0.05) is 17.8 Å². The summed E-state index contributed by atoms with van der Waals surface area (Å²) in [6.07, 6.45) is -0.569. The van der Waals surface area contributed by atoms with E-state index in [1.807, 2.05) is 31.2 Å². The molecule has 4 rings (SSSR count). The van der Waals surface area contributed by atoms with Crippen molar-refractivity contribution in [3.05, 3.63) is 95.1 Å². The number of benzene rings is 3. The lowest BCUT2D eigenvalue weighted by Crippen LogP contribution is -2.46. The molecule has 1 fully saturated rings. The Morgan fingerprint density at radius 2 is 1.74 bits per heavy atom. The van der Waals surface area contributed by atoms with Gasteiger partial charge < -0.3 is 20.1 Å². The molecule has 0 spiro atoms. The molecule has 1 heterocycles. The third kappa shape index (κ3) is 6.96. The topological polar surface area (TPSA) is 97.0 Å². The first-order chi connectivity index (χ1) is 18.7. The normalized spacial score (nSPS) is 16.6. The summed E-state index contributed by atoms with van der Waals surface area (Å²) in [6.45, 7) is 6.92. The molecule has 0 saturated carbocycles. The zero-order valence-corrected chi connectivity index (χ0v) is 22.8. The molecular weight excluding hydrogens is 494 g/mol. The van der Waals surface area contributed by atoms with E-state index in [2.05, 4.69) is 24.5 Å². The van der Waals surface area contributed by atoms with Gasteiger partial charge in [0.2, 0.25) is 5.91 Å². The zero-order valence-electron chi connectivity index (χ0n) is 22.8. The number of anilines is 1. The Hall–Kier alpha value is -4.33. The quantitative estimate of drug-likeness (QED) is 0.363. The van der Waals surface area contributed by atoms with Gasteiger partial charge in [0.15, 0.2) is 12.1 Å². The van der Waals surface area contributed by atoms with Gasteiger partial charge >= 0.3 is 6.09 Å². The highest BCUT2D eigenvalue weighted by Crippen LogP contribution is 2.35. The van der Waals surface area contributed by atoms with Crippen LogP contribution in [0.1, 0.15) is 53.4 Å². The molecule has 1 aliphatic rings. The van der Waals surface area contributed by atoms with Gasteiger partial charge in [-0.1, -0.05) is 55.8 Å². The minimum absolute atomic E-state index is 0.242. The van der Waals surface area contributed by atoms with Crippen LogP contribution in [0.15, 0.2) is 72.8 Å². The van der Waals surface area contributed by atoms with Crippen molar-refractivity contribution in [1.29, 1.82) is 0 Å². The van der Waals surface area contributed by atoms with Gasteiger partial charge in [-0.05, 0) is 66.8 Å². The van der Waals surface area contributed by atoms with E-state index in [9.17, 15) is 14.4 Å². The Morgan fingerprint density at radius 3 is 2.41 bits per heavy atom. The molecule has 8 heteroatoms. The van der Waals surface area contributed by atoms with E-state index in [0.717, 1.165) is 17.5 Å². The molecule has 0 bridgehead atoms. The molecule has 3 amide bonds. The standard InChI is InChI=1S/C31H35N3O5/c1-20(2)16-17-32-30(36)27-28(39-31(37)34(27)19-22-10-8-21(3)9-11-22)24-6-5-7-25(18-24)33-29(35)23-12-14-26(38-4)15-13-23/h5-15,18,20,27-28H,16-17,19H2,1-4H3,(H,32,36)(H,33,35)/t27-,28+/m0/s1. The second-order valence-corrected chi connectivity index (χ2v) is 10.1. The first-order valence-corrected chi connectivity index (χ1v) is 13.1. The monoisotopic (exact) mass is 529 g/mol. The number of hydrogen-bond acceptors (Lipinski definition) is 5. The maximum atomic E-state index is 13.4. The molecule has 0 unspecified atom stereocenters. The molecule has 2 N–H and O–H groups in total. The van der Waals surface area contributed by atoms with Crippen molar-refractivity contribution in [3.8, 4) is 5.75 Å². The van der Waals surface area contributed by atoms with Crippen LogP contribution in [0.2, 0.25) is 0 Å². The number of methoxy groups -OCH3 is 1. The third-order valence-electron chi connectivity index (χ3n) is 6.67. The Bertz CT molecular complexity index is 1300. The second-order valence-electron chi connectivity index (χ2n) is 10.1. The highest BCUT2D eigenvalue weighted by atomic mass is 16.6. The van der Waals surface area contributed by atoms with E-state index in [0.29, 0.717) is 35.0 Å². The fourth-order valence-electron chi connectivity index (χ4n) is 4.43. The van der Waals surface area contributed by atoms with E-state index in [1.54, 1.807) is 55.6 Å². The molecular formula is C31H35N3O5. The Balaban J connectivity index is 1.57. The maximum absolute atomic E-state index is 13.4. The van der Waals surface area contributed by atoms with Crippen molar-refractivity contribution in [1.82, 2.24) is 10.2 Å². The number of hydrogen-bond donors (Lipinski definition) is 2. The number of carbonyl (C=O) groups excluding carboxylic acids is 3. The van der Waals surface area contributed by atoms with E-state index in [-0.39, 0.29) is 18.4 Å². The van der Waals surface area contributed by atoms with Crippen molar-refractivity contribution in [3.63, 3.8) is 0 Å². The minimum atomic E-state index is -0.862. The number of aryl methyl sites for hydroxylation is 1. The summed E-state index contributed by atoms with van der Waals surface area (Å²) in [4.78, 5) is 40.8. The predicted molar refractivity (Wildman–Crippen MR) is 150 cm³/mol. The van der Waals surface area contributed by atoms with Crippen molar-refractivity contribution in [2.45, 2.75) is 45.9 Å². The third-order valence-corrected chi connectivity index (χ3v) is 6.67. The van der Waals surface area contributed by atoms with Crippen LogP contribution in [0.3, 0.4) is 0 Å². The van der Waals surface area contributed by atoms with Crippen LogP contribution < -0.4 is 15.4 Å². The first kappa shape index (κ1) is 27.7. The Morgan fingerprint density at radius 1 is 1.03 bits per heavy atom. The lowest BCUT2D eigenvalue weighted by molar-refractivity contribution is -0.126. The van der Waals surface area contributed by atoms with Gasteiger partial charge in [0.1, 0.15) is 5.75 Å². The first-order valence-electron chi connectivity index (χ1n) is 13.1. The summed E-state index contributed by atoms with van der Waals surface area (Å²) < 4.78 is 10.9. The number of carbonyl (C=O) groups is 3. The number of nitrogens with one attached hydrogen (secondary N) is 2. The molecule has 2 atom stereocenters. The number of amides is 3. The summed E-state index contributed by atoms with van der Waals surface area (Å²) in [5.41, 5.74) is 3.63. The predicted octanol–water partition coefficient (Wildman–Crippen LogP) is 5.48. The Kier molecular flexibility index (Phi) is 8.86. The molecule has 39 heavy (non-hydrogen) atoms. The minimum Gasteiger partial charge on any atom is -0.497 e. The van der Waals surface area contributed by atoms with Crippen LogP contribution >= 0.6 is 0 Å². The Labute approximate surface area is 229 Å². The molecule has 0 aliphatic carbocycles. The van der Waals surface area contributed by atoms with Crippen molar-refractivity contribution >= 4 is 23.6 Å². The van der Waals surface area contributed by atoms with Crippen LogP contribution in [0.4, 0.5) is 10.5 Å². The summed E-state index contributed by atoms with van der Waals surface area (Å²) in [6, 6.07) is 20.8. The molecule has 3 aromatic carbocycles. The van der Waals surface area contributed by atoms with Gasteiger partial charge in [-0.2, -0.15) is 0 Å². The number of rotatable bonds is 10. The van der Waals surface area contributed by atoms with Crippen LogP contribution in [0.5, 0.6) is 5.75 Å². The second kappa shape index (κ2) is 12.5. The van der Waals surface area contributed by atoms with Crippen molar-refractivity contribution in [2.75, 3.05) is 19.0 Å². The van der Waals surface area contributed by atoms with Crippen LogP contribution in [-0.4, -0.2) is 42.5 Å². The van der Waals surface area contributed by atoms with Gasteiger partial charge in [-0.3, -0.25) is 14.5 Å². The van der Waals surface area contributed by atoms with Gasteiger partial charge in [0.25, 0.3) is 5.91 Å². The number of cyclic esters (lactones) is 1. The van der Waals surface area contributed by atoms with Crippen molar-refractivity contribution in [2.24, 2.45) is 5.92 Å². The average Bonchev–Trinajstić information content (AvgIpc) is 3.25. The number of nitrogens with zero attached hydrogens (tertiary/aromatic N) is 1. The molecule has 0 radical (unpaired) electrons. The van der Waals surface area contributed by atoms with E-state index in [1.165, 1.54) is 4.90 Å². The fraction of sp³-hybridized carbons (Fsp3) is 0.323. The molecule has 8 nitrogen and oxygen atoms in total. The average molecular weight is 530 g/mol. The van der Waals surface area contributed by atoms with E-state index < -0.39 is 18.2 Å². The number of ether oxygens (including phenoxy) is 2. The highest BCUT2D eigenvalue weighted by Gasteiger charge is 2.47.